The predicted octanol–water partition coefficient (Wildman–Crippen LogP) is 3.93. The Morgan fingerprint density at radius 2 is 1.85 bits per heavy atom. The van der Waals surface area contributed by atoms with Gasteiger partial charge >= 0.3 is 0 Å². The topological polar surface area (TPSA) is 67.4 Å². The van der Waals surface area contributed by atoms with Crippen molar-refractivity contribution in [3.63, 3.8) is 0 Å². The Labute approximate surface area is 154 Å². The maximum absolute atomic E-state index is 12.6. The molecule has 0 fully saturated rings. The number of hydrogen-bond donors (Lipinski definition) is 2. The van der Waals surface area contributed by atoms with Crippen LogP contribution in [0.5, 0.6) is 5.75 Å². The van der Waals surface area contributed by atoms with Gasteiger partial charge in [-0.15, -0.1) is 0 Å². The van der Waals surface area contributed by atoms with Gasteiger partial charge in [0.15, 0.2) is 6.10 Å². The van der Waals surface area contributed by atoms with E-state index >= 15 is 0 Å². The van der Waals surface area contributed by atoms with Crippen LogP contribution >= 0.6 is 0 Å². The van der Waals surface area contributed by atoms with Crippen LogP contribution in [-0.4, -0.2) is 24.5 Å². The lowest BCUT2D eigenvalue weighted by molar-refractivity contribution is -0.122. The third kappa shape index (κ3) is 5.34. The molecule has 1 unspecified atom stereocenters. The largest absolute Gasteiger partial charge is 0.480 e. The first kappa shape index (κ1) is 19.5. The monoisotopic (exact) mass is 354 g/mol. The number of aryl methyl sites for hydroxylation is 1. The minimum Gasteiger partial charge on any atom is -0.480 e. The van der Waals surface area contributed by atoms with Crippen LogP contribution in [0.3, 0.4) is 0 Å². The summed E-state index contributed by atoms with van der Waals surface area (Å²) in [5.41, 5.74) is 2.07. The predicted molar refractivity (Wildman–Crippen MR) is 104 cm³/mol. The SMILES string of the molecule is CCCNC(=O)c1cccc(NC(=O)C(CC)Oc2ccccc2C)c1. The summed E-state index contributed by atoms with van der Waals surface area (Å²) in [6.45, 7) is 6.46. The summed E-state index contributed by atoms with van der Waals surface area (Å²) in [7, 11) is 0. The molecule has 2 aromatic rings. The number of hydrogen-bond acceptors (Lipinski definition) is 3. The third-order valence-electron chi connectivity index (χ3n) is 3.95. The minimum atomic E-state index is -0.603. The molecule has 138 valence electrons. The normalized spacial score (nSPS) is 11.5. The van der Waals surface area contributed by atoms with Crippen LogP contribution in [0.15, 0.2) is 48.5 Å². The molecule has 2 rings (SSSR count). The van der Waals surface area contributed by atoms with Crippen LogP contribution in [0.4, 0.5) is 5.69 Å². The fraction of sp³-hybridized carbons (Fsp3) is 0.333. The van der Waals surface area contributed by atoms with E-state index in [2.05, 4.69) is 10.6 Å². The van der Waals surface area contributed by atoms with Crippen molar-refractivity contribution >= 4 is 17.5 Å². The molecule has 0 heterocycles. The number of rotatable bonds is 8. The number of benzene rings is 2. The standard InChI is InChI=1S/C21H26N2O3/c1-4-13-22-20(24)16-10-8-11-17(14-16)23-21(25)18(5-2)26-19-12-7-6-9-15(19)3/h6-12,14,18H,4-5,13H2,1-3H3,(H,22,24)(H,23,25). The van der Waals surface area contributed by atoms with Gasteiger partial charge in [0.25, 0.3) is 11.8 Å². The highest BCUT2D eigenvalue weighted by Crippen LogP contribution is 2.20. The van der Waals surface area contributed by atoms with Crippen molar-refractivity contribution in [2.45, 2.75) is 39.7 Å². The molecule has 2 N–H and O–H groups in total. The second-order valence-corrected chi connectivity index (χ2v) is 6.11. The van der Waals surface area contributed by atoms with E-state index in [1.54, 1.807) is 24.3 Å². The Kier molecular flexibility index (Phi) is 7.21. The van der Waals surface area contributed by atoms with Crippen LogP contribution in [0.25, 0.3) is 0 Å². The molecule has 0 spiro atoms. The molecule has 1 atom stereocenters. The van der Waals surface area contributed by atoms with E-state index in [-0.39, 0.29) is 11.8 Å². The van der Waals surface area contributed by atoms with Crippen LogP contribution in [0, 0.1) is 6.92 Å². The number of amides is 2. The van der Waals surface area contributed by atoms with Gasteiger partial charge in [0.2, 0.25) is 0 Å². The van der Waals surface area contributed by atoms with Crippen LogP contribution in [0.2, 0.25) is 0 Å². The van der Waals surface area contributed by atoms with Crippen molar-refractivity contribution < 1.29 is 14.3 Å². The molecule has 5 nitrogen and oxygen atoms in total. The van der Waals surface area contributed by atoms with Gasteiger partial charge in [-0.1, -0.05) is 38.1 Å². The van der Waals surface area contributed by atoms with Gasteiger partial charge in [0.05, 0.1) is 0 Å². The zero-order valence-corrected chi connectivity index (χ0v) is 15.5. The molecule has 0 aliphatic carbocycles. The van der Waals surface area contributed by atoms with E-state index in [4.69, 9.17) is 4.74 Å². The van der Waals surface area contributed by atoms with E-state index in [0.717, 1.165) is 12.0 Å². The fourth-order valence-corrected chi connectivity index (χ4v) is 2.47. The third-order valence-corrected chi connectivity index (χ3v) is 3.95. The Hall–Kier alpha value is -2.82. The van der Waals surface area contributed by atoms with Crippen molar-refractivity contribution in [3.05, 3.63) is 59.7 Å². The van der Waals surface area contributed by atoms with Gasteiger partial charge in [-0.25, -0.2) is 0 Å². The van der Waals surface area contributed by atoms with Crippen molar-refractivity contribution in [1.82, 2.24) is 5.32 Å². The van der Waals surface area contributed by atoms with Crippen molar-refractivity contribution in [2.75, 3.05) is 11.9 Å². The molecule has 0 saturated carbocycles. The van der Waals surface area contributed by atoms with Crippen LogP contribution in [0.1, 0.15) is 42.6 Å². The lowest BCUT2D eigenvalue weighted by Gasteiger charge is -2.18. The first-order chi connectivity index (χ1) is 12.5. The summed E-state index contributed by atoms with van der Waals surface area (Å²) < 4.78 is 5.87. The van der Waals surface area contributed by atoms with Crippen molar-refractivity contribution in [3.8, 4) is 5.75 Å². The highest BCUT2D eigenvalue weighted by atomic mass is 16.5. The average molecular weight is 354 g/mol. The summed E-state index contributed by atoms with van der Waals surface area (Å²) in [4.78, 5) is 24.6. The summed E-state index contributed by atoms with van der Waals surface area (Å²) in [6.07, 6.45) is 0.807. The van der Waals surface area contributed by atoms with Gasteiger partial charge in [0, 0.05) is 17.8 Å². The van der Waals surface area contributed by atoms with E-state index in [0.29, 0.717) is 30.0 Å². The molecule has 5 heteroatoms. The maximum Gasteiger partial charge on any atom is 0.265 e. The molecule has 0 bridgehead atoms. The first-order valence-corrected chi connectivity index (χ1v) is 8.96. The average Bonchev–Trinajstić information content (AvgIpc) is 2.65. The fourth-order valence-electron chi connectivity index (χ4n) is 2.47. The van der Waals surface area contributed by atoms with Crippen molar-refractivity contribution in [2.24, 2.45) is 0 Å². The van der Waals surface area contributed by atoms with Gasteiger partial charge in [-0.3, -0.25) is 9.59 Å². The van der Waals surface area contributed by atoms with E-state index in [1.165, 1.54) is 0 Å². The Balaban J connectivity index is 2.05. The van der Waals surface area contributed by atoms with E-state index < -0.39 is 6.10 Å². The Bertz CT molecular complexity index is 758. The second-order valence-electron chi connectivity index (χ2n) is 6.11. The number of anilines is 1. The molecule has 0 saturated heterocycles. The number of carbonyl (C=O) groups is 2. The smallest absolute Gasteiger partial charge is 0.265 e. The second kappa shape index (κ2) is 9.61. The molecular formula is C21H26N2O3. The Morgan fingerprint density at radius 3 is 2.54 bits per heavy atom. The molecule has 0 aliphatic heterocycles. The maximum atomic E-state index is 12.6. The van der Waals surface area contributed by atoms with Crippen LogP contribution in [-0.2, 0) is 4.79 Å². The highest BCUT2D eigenvalue weighted by molar-refractivity contribution is 5.98. The van der Waals surface area contributed by atoms with Gasteiger partial charge in [0.1, 0.15) is 5.75 Å². The number of ether oxygens (including phenoxy) is 1. The number of para-hydroxylation sites is 1. The molecular weight excluding hydrogens is 328 g/mol. The number of carbonyl (C=O) groups excluding carboxylic acids is 2. The quantitative estimate of drug-likeness (QED) is 0.755. The lowest BCUT2D eigenvalue weighted by Crippen LogP contribution is -2.32. The minimum absolute atomic E-state index is 0.147. The summed E-state index contributed by atoms with van der Waals surface area (Å²) >= 11 is 0. The van der Waals surface area contributed by atoms with Crippen molar-refractivity contribution in [1.29, 1.82) is 0 Å². The highest BCUT2D eigenvalue weighted by Gasteiger charge is 2.19. The zero-order chi connectivity index (χ0) is 18.9. The molecule has 0 aromatic heterocycles. The molecule has 0 aliphatic rings. The lowest BCUT2D eigenvalue weighted by atomic mass is 10.1. The van der Waals surface area contributed by atoms with Crippen LogP contribution < -0.4 is 15.4 Å². The Morgan fingerprint density at radius 1 is 1.08 bits per heavy atom. The van der Waals surface area contributed by atoms with Gasteiger partial charge < -0.3 is 15.4 Å². The summed E-state index contributed by atoms with van der Waals surface area (Å²) in [6, 6.07) is 14.5. The summed E-state index contributed by atoms with van der Waals surface area (Å²) in [5, 5.41) is 5.67. The first-order valence-electron chi connectivity index (χ1n) is 8.96. The van der Waals surface area contributed by atoms with Gasteiger partial charge in [-0.05, 0) is 49.6 Å². The molecule has 2 amide bonds. The molecule has 0 radical (unpaired) electrons. The molecule has 2 aromatic carbocycles. The number of nitrogens with one attached hydrogen (secondary N) is 2. The summed E-state index contributed by atoms with van der Waals surface area (Å²) in [5.74, 6) is 0.315. The van der Waals surface area contributed by atoms with Gasteiger partial charge in [-0.2, -0.15) is 0 Å². The zero-order valence-electron chi connectivity index (χ0n) is 15.5. The molecule has 26 heavy (non-hydrogen) atoms. The van der Waals surface area contributed by atoms with E-state index in [9.17, 15) is 9.59 Å². The van der Waals surface area contributed by atoms with E-state index in [1.807, 2.05) is 45.0 Å².